The summed E-state index contributed by atoms with van der Waals surface area (Å²) in [6, 6.07) is 18.6. The summed E-state index contributed by atoms with van der Waals surface area (Å²) < 4.78 is 0. The molecule has 0 radical (unpaired) electrons. The van der Waals surface area contributed by atoms with E-state index in [0.717, 1.165) is 23.7 Å². The first-order valence-corrected chi connectivity index (χ1v) is 12.1. The van der Waals surface area contributed by atoms with Gasteiger partial charge in [0.1, 0.15) is 0 Å². The summed E-state index contributed by atoms with van der Waals surface area (Å²) in [5.41, 5.74) is 6.40. The average Bonchev–Trinajstić information content (AvgIpc) is 2.75. The van der Waals surface area contributed by atoms with Gasteiger partial charge in [-0.1, -0.05) is 73.5 Å². The Morgan fingerprint density at radius 2 is 0.828 bits per heavy atom. The minimum absolute atomic E-state index is 0.497. The summed E-state index contributed by atoms with van der Waals surface area (Å²) in [7, 11) is 0. The average molecular weight is 389 g/mol. The molecule has 0 amide bonds. The minimum Gasteiger partial charge on any atom is -0.0594 e. The lowest BCUT2D eigenvalue weighted by molar-refractivity contribution is 0.0513. The molecule has 0 spiro atoms. The lowest BCUT2D eigenvalue weighted by Crippen LogP contribution is -2.36. The Morgan fingerprint density at radius 3 is 1.14 bits per heavy atom. The first-order chi connectivity index (χ1) is 13.9. The fraction of sp³-hybridized carbons (Fsp3) is 0.586. The van der Waals surface area contributed by atoms with E-state index in [1.54, 1.807) is 11.1 Å². The Bertz CT molecular complexity index is 696. The topological polar surface area (TPSA) is 0 Å². The molecule has 0 atom stereocenters. The normalized spacial score (nSPS) is 28.3. The van der Waals surface area contributed by atoms with Crippen LogP contribution in [-0.4, -0.2) is 0 Å². The van der Waals surface area contributed by atoms with Gasteiger partial charge < -0.3 is 0 Å². The lowest BCUT2D eigenvalue weighted by Gasteiger charge is -2.47. The van der Waals surface area contributed by atoms with Crippen molar-refractivity contribution in [3.63, 3.8) is 0 Å². The van der Waals surface area contributed by atoms with Crippen LogP contribution in [0.25, 0.3) is 0 Å². The van der Waals surface area contributed by atoms with Gasteiger partial charge in [-0.05, 0) is 105 Å². The predicted molar refractivity (Wildman–Crippen MR) is 126 cm³/mol. The van der Waals surface area contributed by atoms with Gasteiger partial charge in [0.25, 0.3) is 0 Å². The molecule has 0 aliphatic heterocycles. The van der Waals surface area contributed by atoms with Gasteiger partial charge in [0.05, 0.1) is 0 Å². The Labute approximate surface area is 179 Å². The third-order valence-electron chi connectivity index (χ3n) is 8.66. The molecule has 0 unspecified atom stereocenters. The van der Waals surface area contributed by atoms with E-state index in [4.69, 9.17) is 0 Å². The molecule has 29 heavy (non-hydrogen) atoms. The smallest absolute Gasteiger partial charge is 0.0162 e. The van der Waals surface area contributed by atoms with Crippen molar-refractivity contribution in [3.05, 3.63) is 70.8 Å². The molecule has 0 nitrogen and oxygen atoms in total. The maximum Gasteiger partial charge on any atom is -0.0162 e. The summed E-state index contributed by atoms with van der Waals surface area (Å²) in [5.74, 6) is 3.40. The highest BCUT2D eigenvalue weighted by atomic mass is 14.5. The summed E-state index contributed by atoms with van der Waals surface area (Å²) in [4.78, 5) is 0. The van der Waals surface area contributed by atoms with E-state index in [9.17, 15) is 0 Å². The van der Waals surface area contributed by atoms with Gasteiger partial charge in [0.2, 0.25) is 0 Å². The monoisotopic (exact) mass is 388 g/mol. The molecule has 0 N–H and O–H groups in total. The Kier molecular flexibility index (Phi) is 6.19. The van der Waals surface area contributed by atoms with Gasteiger partial charge in [-0.3, -0.25) is 0 Å². The van der Waals surface area contributed by atoms with Gasteiger partial charge in [-0.25, -0.2) is 0 Å². The molecular weight excluding hydrogens is 348 g/mol. The van der Waals surface area contributed by atoms with Gasteiger partial charge in [0, 0.05) is 0 Å². The maximum atomic E-state index is 2.60. The second-order valence-electron chi connectivity index (χ2n) is 10.7. The maximum absolute atomic E-state index is 2.60. The first-order valence-electron chi connectivity index (χ1n) is 12.1. The molecular formula is C29H40. The molecule has 2 saturated carbocycles. The molecule has 0 saturated heterocycles. The number of rotatable bonds is 4. The SMILES string of the molecule is Cc1ccc(C2CCC(C(C)(C)C3CCC(c4ccc(C)cc4)CC3)CC2)cc1. The van der Waals surface area contributed by atoms with Crippen molar-refractivity contribution in [2.45, 2.75) is 90.9 Å². The van der Waals surface area contributed by atoms with Crippen LogP contribution in [0.15, 0.2) is 48.5 Å². The summed E-state index contributed by atoms with van der Waals surface area (Å²) in [6.45, 7) is 9.58. The minimum atomic E-state index is 0.497. The standard InChI is InChI=1S/C29H40/c1-21-5-9-23(10-6-21)25-13-17-27(18-14-25)29(3,4)28-19-15-26(16-20-28)24-11-7-22(2)8-12-24/h5-12,25-28H,13-20H2,1-4H3. The Balaban J connectivity index is 1.32. The molecule has 0 heteroatoms. The van der Waals surface area contributed by atoms with Crippen LogP contribution < -0.4 is 0 Å². The highest BCUT2D eigenvalue weighted by Gasteiger charge is 2.40. The highest BCUT2D eigenvalue weighted by molar-refractivity contribution is 5.26. The van der Waals surface area contributed by atoms with Crippen molar-refractivity contribution in [1.82, 2.24) is 0 Å². The molecule has 156 valence electrons. The van der Waals surface area contributed by atoms with Crippen molar-refractivity contribution in [2.24, 2.45) is 17.3 Å². The molecule has 0 aromatic heterocycles. The number of hydrogen-bond donors (Lipinski definition) is 0. The van der Waals surface area contributed by atoms with E-state index < -0.39 is 0 Å². The van der Waals surface area contributed by atoms with E-state index in [2.05, 4.69) is 76.2 Å². The summed E-state index contributed by atoms with van der Waals surface area (Å²) in [6.07, 6.45) is 11.2. The van der Waals surface area contributed by atoms with Crippen LogP contribution in [0.3, 0.4) is 0 Å². The molecule has 4 rings (SSSR count). The van der Waals surface area contributed by atoms with E-state index in [0.29, 0.717) is 5.41 Å². The zero-order chi connectivity index (χ0) is 20.4. The molecule has 0 bridgehead atoms. The Morgan fingerprint density at radius 1 is 0.517 bits per heavy atom. The van der Waals surface area contributed by atoms with E-state index in [-0.39, 0.29) is 0 Å². The summed E-state index contributed by atoms with van der Waals surface area (Å²) >= 11 is 0. The predicted octanol–water partition coefficient (Wildman–Crippen LogP) is 8.58. The van der Waals surface area contributed by atoms with E-state index in [1.165, 1.54) is 62.5 Å². The van der Waals surface area contributed by atoms with Gasteiger partial charge in [0.15, 0.2) is 0 Å². The molecule has 2 aliphatic carbocycles. The molecule has 2 aromatic rings. The van der Waals surface area contributed by atoms with Crippen molar-refractivity contribution < 1.29 is 0 Å². The zero-order valence-corrected chi connectivity index (χ0v) is 19.1. The largest absolute Gasteiger partial charge is 0.0594 e. The summed E-state index contributed by atoms with van der Waals surface area (Å²) in [5, 5.41) is 0. The van der Waals surface area contributed by atoms with E-state index in [1.807, 2.05) is 0 Å². The molecule has 2 fully saturated rings. The molecule has 0 heterocycles. The second-order valence-corrected chi connectivity index (χ2v) is 10.7. The van der Waals surface area contributed by atoms with Crippen molar-refractivity contribution in [1.29, 1.82) is 0 Å². The van der Waals surface area contributed by atoms with Gasteiger partial charge in [-0.15, -0.1) is 0 Å². The number of hydrogen-bond acceptors (Lipinski definition) is 0. The number of benzene rings is 2. The van der Waals surface area contributed by atoms with Crippen LogP contribution in [0.1, 0.15) is 99.3 Å². The van der Waals surface area contributed by atoms with Crippen LogP contribution in [0.5, 0.6) is 0 Å². The lowest BCUT2D eigenvalue weighted by atomic mass is 9.58. The second kappa shape index (κ2) is 8.66. The van der Waals surface area contributed by atoms with Crippen LogP contribution in [0.4, 0.5) is 0 Å². The van der Waals surface area contributed by atoms with Crippen LogP contribution >= 0.6 is 0 Å². The van der Waals surface area contributed by atoms with Crippen LogP contribution in [0.2, 0.25) is 0 Å². The van der Waals surface area contributed by atoms with Crippen molar-refractivity contribution >= 4 is 0 Å². The first kappa shape index (κ1) is 20.7. The fourth-order valence-electron chi connectivity index (χ4n) is 6.35. The fourth-order valence-corrected chi connectivity index (χ4v) is 6.35. The quantitative estimate of drug-likeness (QED) is 0.492. The molecule has 2 aliphatic rings. The van der Waals surface area contributed by atoms with Crippen LogP contribution in [-0.2, 0) is 0 Å². The zero-order valence-electron chi connectivity index (χ0n) is 19.1. The van der Waals surface area contributed by atoms with Gasteiger partial charge in [-0.2, -0.15) is 0 Å². The van der Waals surface area contributed by atoms with Crippen LogP contribution in [0, 0.1) is 31.1 Å². The molecule has 2 aromatic carbocycles. The third-order valence-corrected chi connectivity index (χ3v) is 8.66. The number of aryl methyl sites for hydroxylation is 2. The van der Waals surface area contributed by atoms with E-state index >= 15 is 0 Å². The van der Waals surface area contributed by atoms with Crippen molar-refractivity contribution in [3.8, 4) is 0 Å². The van der Waals surface area contributed by atoms with Crippen molar-refractivity contribution in [2.75, 3.05) is 0 Å². The third kappa shape index (κ3) is 4.62. The highest BCUT2D eigenvalue weighted by Crippen LogP contribution is 2.52. The Hall–Kier alpha value is -1.56. The van der Waals surface area contributed by atoms with Gasteiger partial charge >= 0.3 is 0 Å².